The van der Waals surface area contributed by atoms with Gasteiger partial charge in [0.2, 0.25) is 0 Å². The number of hydrogen-bond acceptors (Lipinski definition) is 3. The molecule has 0 aromatic rings. The second-order valence-corrected chi connectivity index (χ2v) is 5.83. The van der Waals surface area contributed by atoms with Gasteiger partial charge in [-0.1, -0.05) is 21.6 Å². The fourth-order valence-corrected chi connectivity index (χ4v) is 3.16. The fraction of sp³-hybridized carbons (Fsp3) is 1.00. The first-order valence-corrected chi connectivity index (χ1v) is 6.90. The summed E-state index contributed by atoms with van der Waals surface area (Å²) in [5.74, 6) is 2.29. The van der Waals surface area contributed by atoms with Crippen LogP contribution < -0.4 is 0 Å². The first-order chi connectivity index (χ1) is 5.33. The maximum Gasteiger partial charge on any atom is 0.00774 e. The Labute approximate surface area is 77.7 Å². The van der Waals surface area contributed by atoms with Crippen LogP contribution in [-0.4, -0.2) is 37.0 Å². The minimum atomic E-state index is 0.950. The summed E-state index contributed by atoms with van der Waals surface area (Å²) in [5, 5.41) is 0. The molecule has 1 rings (SSSR count). The second-order valence-electron chi connectivity index (χ2n) is 3.22. The van der Waals surface area contributed by atoms with Crippen molar-refractivity contribution < 1.29 is 0 Å². The van der Waals surface area contributed by atoms with Gasteiger partial charge in [0.05, 0.1) is 0 Å². The maximum atomic E-state index is 2.45. The molecule has 1 unspecified atom stereocenters. The Morgan fingerprint density at radius 3 is 3.00 bits per heavy atom. The van der Waals surface area contributed by atoms with E-state index in [1.165, 1.54) is 31.7 Å². The van der Waals surface area contributed by atoms with Gasteiger partial charge in [0.15, 0.2) is 0 Å². The third-order valence-electron chi connectivity index (χ3n) is 2.14. The van der Waals surface area contributed by atoms with Crippen LogP contribution in [0.1, 0.15) is 12.8 Å². The van der Waals surface area contributed by atoms with E-state index in [1.54, 1.807) is 0 Å². The highest BCUT2D eigenvalue weighted by Gasteiger charge is 2.16. The molecule has 0 N–H and O–H groups in total. The standard InChI is InChI=1S/C8H17NS2/c1-9-5-3-4-8(6-9)7-11-10-2/h8H,3-7H2,1-2H3. The number of likely N-dealkylation sites (tertiary alicyclic amines) is 1. The summed E-state index contributed by atoms with van der Waals surface area (Å²) >= 11 is 0. The smallest absolute Gasteiger partial charge is 0.00774 e. The molecule has 0 amide bonds. The van der Waals surface area contributed by atoms with Crippen LogP contribution in [0.3, 0.4) is 0 Å². The zero-order valence-corrected chi connectivity index (χ0v) is 9.01. The van der Waals surface area contributed by atoms with Crippen molar-refractivity contribution in [3.8, 4) is 0 Å². The van der Waals surface area contributed by atoms with Crippen molar-refractivity contribution in [1.29, 1.82) is 0 Å². The Bertz CT molecular complexity index is 108. The molecule has 1 aliphatic heterocycles. The molecule has 1 atom stereocenters. The topological polar surface area (TPSA) is 3.24 Å². The SMILES string of the molecule is CSSCC1CCCN(C)C1. The maximum absolute atomic E-state index is 2.45. The van der Waals surface area contributed by atoms with Crippen LogP contribution in [0.2, 0.25) is 0 Å². The van der Waals surface area contributed by atoms with E-state index >= 15 is 0 Å². The van der Waals surface area contributed by atoms with E-state index in [4.69, 9.17) is 0 Å². The van der Waals surface area contributed by atoms with Gasteiger partial charge in [0.1, 0.15) is 0 Å². The van der Waals surface area contributed by atoms with Crippen LogP contribution >= 0.6 is 21.6 Å². The molecule has 1 nitrogen and oxygen atoms in total. The highest BCUT2D eigenvalue weighted by Crippen LogP contribution is 2.25. The van der Waals surface area contributed by atoms with Crippen LogP contribution in [0.5, 0.6) is 0 Å². The Balaban J connectivity index is 2.12. The molecule has 0 aromatic heterocycles. The molecule has 11 heavy (non-hydrogen) atoms. The average molecular weight is 191 g/mol. The van der Waals surface area contributed by atoms with Crippen LogP contribution in [0.25, 0.3) is 0 Å². The molecule has 1 fully saturated rings. The predicted octanol–water partition coefficient (Wildman–Crippen LogP) is 2.34. The second kappa shape index (κ2) is 5.33. The van der Waals surface area contributed by atoms with Gasteiger partial charge in [0.25, 0.3) is 0 Å². The Morgan fingerprint density at radius 2 is 2.36 bits per heavy atom. The molecule has 1 heterocycles. The highest BCUT2D eigenvalue weighted by atomic mass is 33.1. The molecule has 0 aliphatic carbocycles. The zero-order chi connectivity index (χ0) is 8.10. The van der Waals surface area contributed by atoms with Crippen LogP contribution in [-0.2, 0) is 0 Å². The molecule has 0 saturated carbocycles. The third kappa shape index (κ3) is 3.72. The van der Waals surface area contributed by atoms with E-state index in [-0.39, 0.29) is 0 Å². The number of rotatable bonds is 3. The fourth-order valence-electron chi connectivity index (χ4n) is 1.57. The van der Waals surface area contributed by atoms with Gasteiger partial charge in [-0.3, -0.25) is 0 Å². The lowest BCUT2D eigenvalue weighted by Crippen LogP contribution is -2.32. The van der Waals surface area contributed by atoms with E-state index < -0.39 is 0 Å². The van der Waals surface area contributed by atoms with Crippen molar-refractivity contribution in [2.24, 2.45) is 5.92 Å². The molecule has 1 saturated heterocycles. The lowest BCUT2D eigenvalue weighted by atomic mass is 10.0. The van der Waals surface area contributed by atoms with E-state index in [0.29, 0.717) is 0 Å². The van der Waals surface area contributed by atoms with Crippen molar-refractivity contribution in [3.63, 3.8) is 0 Å². The summed E-state index contributed by atoms with van der Waals surface area (Å²) in [5.41, 5.74) is 0. The molecule has 0 bridgehead atoms. The van der Waals surface area contributed by atoms with Gasteiger partial charge in [0, 0.05) is 12.3 Å². The summed E-state index contributed by atoms with van der Waals surface area (Å²) in [6, 6.07) is 0. The van der Waals surface area contributed by atoms with Crippen molar-refractivity contribution >= 4 is 21.6 Å². The van der Waals surface area contributed by atoms with Crippen molar-refractivity contribution in [1.82, 2.24) is 4.90 Å². The summed E-state index contributed by atoms with van der Waals surface area (Å²) in [6.07, 6.45) is 5.01. The third-order valence-corrected chi connectivity index (χ3v) is 4.10. The summed E-state index contributed by atoms with van der Waals surface area (Å²) in [4.78, 5) is 2.45. The average Bonchev–Trinajstić information content (AvgIpc) is 2.01. The lowest BCUT2D eigenvalue weighted by Gasteiger charge is -2.29. The normalized spacial score (nSPS) is 27.3. The predicted molar refractivity (Wildman–Crippen MR) is 56.2 cm³/mol. The molecule has 0 spiro atoms. The van der Waals surface area contributed by atoms with Crippen LogP contribution in [0, 0.1) is 5.92 Å². The minimum Gasteiger partial charge on any atom is -0.306 e. The van der Waals surface area contributed by atoms with E-state index in [1.807, 2.05) is 21.6 Å². The van der Waals surface area contributed by atoms with E-state index in [0.717, 1.165) is 5.92 Å². The van der Waals surface area contributed by atoms with Crippen molar-refractivity contribution in [2.45, 2.75) is 12.8 Å². The summed E-state index contributed by atoms with van der Waals surface area (Å²) < 4.78 is 0. The quantitative estimate of drug-likeness (QED) is 0.630. The summed E-state index contributed by atoms with van der Waals surface area (Å²) in [7, 11) is 6.13. The summed E-state index contributed by atoms with van der Waals surface area (Å²) in [6.45, 7) is 2.62. The monoisotopic (exact) mass is 191 g/mol. The number of nitrogens with zero attached hydrogens (tertiary/aromatic N) is 1. The Morgan fingerprint density at radius 1 is 1.55 bits per heavy atom. The molecule has 0 aromatic carbocycles. The van der Waals surface area contributed by atoms with Crippen molar-refractivity contribution in [3.05, 3.63) is 0 Å². The highest BCUT2D eigenvalue weighted by molar-refractivity contribution is 8.76. The molecular formula is C8H17NS2. The van der Waals surface area contributed by atoms with Crippen molar-refractivity contribution in [2.75, 3.05) is 32.1 Å². The molecule has 0 radical (unpaired) electrons. The molecular weight excluding hydrogens is 174 g/mol. The minimum absolute atomic E-state index is 0.950. The van der Waals surface area contributed by atoms with Gasteiger partial charge in [-0.15, -0.1) is 0 Å². The lowest BCUT2D eigenvalue weighted by molar-refractivity contribution is 0.224. The number of hydrogen-bond donors (Lipinski definition) is 0. The van der Waals surface area contributed by atoms with Gasteiger partial charge in [-0.25, -0.2) is 0 Å². The van der Waals surface area contributed by atoms with Gasteiger partial charge < -0.3 is 4.90 Å². The number of piperidine rings is 1. The Hall–Kier alpha value is 0.660. The molecule has 3 heteroatoms. The molecule has 1 aliphatic rings. The molecule has 66 valence electrons. The van der Waals surface area contributed by atoms with Crippen LogP contribution in [0.4, 0.5) is 0 Å². The van der Waals surface area contributed by atoms with E-state index in [2.05, 4.69) is 18.2 Å². The van der Waals surface area contributed by atoms with Gasteiger partial charge >= 0.3 is 0 Å². The van der Waals surface area contributed by atoms with Gasteiger partial charge in [-0.2, -0.15) is 0 Å². The first kappa shape index (κ1) is 9.75. The first-order valence-electron chi connectivity index (χ1n) is 4.17. The Kier molecular flexibility index (Phi) is 4.72. The van der Waals surface area contributed by atoms with Crippen LogP contribution in [0.15, 0.2) is 0 Å². The largest absolute Gasteiger partial charge is 0.306 e. The zero-order valence-electron chi connectivity index (χ0n) is 7.38. The van der Waals surface area contributed by atoms with E-state index in [9.17, 15) is 0 Å². The van der Waals surface area contributed by atoms with Gasteiger partial charge in [-0.05, 0) is 38.6 Å².